The van der Waals surface area contributed by atoms with Crippen LogP contribution in [0.25, 0.3) is 0 Å². The van der Waals surface area contributed by atoms with E-state index in [2.05, 4.69) is 5.32 Å². The van der Waals surface area contributed by atoms with Gasteiger partial charge in [0.15, 0.2) is 0 Å². The van der Waals surface area contributed by atoms with E-state index in [9.17, 15) is 4.79 Å². The number of benzene rings is 2. The molecular formula is C17H19NO5. The molecule has 0 saturated carbocycles. The lowest BCUT2D eigenvalue weighted by atomic mass is 10.1. The maximum Gasteiger partial charge on any atom is 0.263 e. The highest BCUT2D eigenvalue weighted by atomic mass is 16.5. The van der Waals surface area contributed by atoms with Crippen molar-refractivity contribution >= 4 is 11.6 Å². The SMILES string of the molecule is COc1ccc(NC(=O)c2c(OC)cc(OC)cc2OC)cc1. The fourth-order valence-electron chi connectivity index (χ4n) is 2.10. The molecule has 1 N–H and O–H groups in total. The van der Waals surface area contributed by atoms with Crippen molar-refractivity contribution in [3.05, 3.63) is 42.0 Å². The fourth-order valence-corrected chi connectivity index (χ4v) is 2.10. The van der Waals surface area contributed by atoms with E-state index in [4.69, 9.17) is 18.9 Å². The van der Waals surface area contributed by atoms with E-state index >= 15 is 0 Å². The van der Waals surface area contributed by atoms with Crippen LogP contribution in [0.15, 0.2) is 36.4 Å². The topological polar surface area (TPSA) is 66.0 Å². The molecule has 0 spiro atoms. The van der Waals surface area contributed by atoms with Crippen LogP contribution in [0.3, 0.4) is 0 Å². The highest BCUT2D eigenvalue weighted by Gasteiger charge is 2.20. The largest absolute Gasteiger partial charge is 0.497 e. The maximum absolute atomic E-state index is 12.6. The first kappa shape index (κ1) is 16.5. The number of hydrogen-bond donors (Lipinski definition) is 1. The molecule has 0 bridgehead atoms. The summed E-state index contributed by atoms with van der Waals surface area (Å²) in [6.07, 6.45) is 0. The van der Waals surface area contributed by atoms with Gasteiger partial charge in [0.25, 0.3) is 5.91 Å². The smallest absolute Gasteiger partial charge is 0.263 e. The standard InChI is InChI=1S/C17H19NO5/c1-20-12-7-5-11(6-8-12)18-17(19)16-14(22-3)9-13(21-2)10-15(16)23-4/h5-10H,1-4H3,(H,18,19). The van der Waals surface area contributed by atoms with E-state index in [0.29, 0.717) is 34.2 Å². The van der Waals surface area contributed by atoms with Crippen molar-refractivity contribution in [2.24, 2.45) is 0 Å². The Morgan fingerprint density at radius 1 is 0.783 bits per heavy atom. The number of anilines is 1. The van der Waals surface area contributed by atoms with Gasteiger partial charge < -0.3 is 24.3 Å². The van der Waals surface area contributed by atoms with Crippen molar-refractivity contribution in [2.75, 3.05) is 33.8 Å². The minimum atomic E-state index is -0.341. The maximum atomic E-state index is 12.6. The molecule has 0 fully saturated rings. The summed E-state index contributed by atoms with van der Waals surface area (Å²) in [4.78, 5) is 12.6. The molecular weight excluding hydrogens is 298 g/mol. The summed E-state index contributed by atoms with van der Waals surface area (Å²) in [5.41, 5.74) is 0.933. The first-order valence-corrected chi connectivity index (χ1v) is 6.88. The van der Waals surface area contributed by atoms with E-state index in [1.54, 1.807) is 43.5 Å². The van der Waals surface area contributed by atoms with Crippen molar-refractivity contribution in [1.82, 2.24) is 0 Å². The van der Waals surface area contributed by atoms with Crippen LogP contribution < -0.4 is 24.3 Å². The molecule has 0 aliphatic carbocycles. The van der Waals surface area contributed by atoms with Gasteiger partial charge in [-0.3, -0.25) is 4.79 Å². The quantitative estimate of drug-likeness (QED) is 0.887. The monoisotopic (exact) mass is 317 g/mol. The van der Waals surface area contributed by atoms with Crippen molar-refractivity contribution in [2.45, 2.75) is 0 Å². The highest BCUT2D eigenvalue weighted by Crippen LogP contribution is 2.34. The summed E-state index contributed by atoms with van der Waals surface area (Å²) >= 11 is 0. The molecule has 0 aliphatic rings. The van der Waals surface area contributed by atoms with Crippen LogP contribution in [0.5, 0.6) is 23.0 Å². The summed E-state index contributed by atoms with van der Waals surface area (Å²) in [6, 6.07) is 10.3. The van der Waals surface area contributed by atoms with Gasteiger partial charge in [-0.15, -0.1) is 0 Å². The Hall–Kier alpha value is -2.89. The van der Waals surface area contributed by atoms with Crippen LogP contribution in [-0.4, -0.2) is 34.3 Å². The summed E-state index contributed by atoms with van der Waals surface area (Å²) < 4.78 is 20.8. The van der Waals surface area contributed by atoms with Crippen molar-refractivity contribution in [3.8, 4) is 23.0 Å². The molecule has 2 aromatic carbocycles. The van der Waals surface area contributed by atoms with E-state index in [1.165, 1.54) is 21.3 Å². The number of ether oxygens (including phenoxy) is 4. The number of hydrogen-bond acceptors (Lipinski definition) is 5. The van der Waals surface area contributed by atoms with Crippen LogP contribution in [0.2, 0.25) is 0 Å². The second-order valence-electron chi connectivity index (χ2n) is 4.59. The molecule has 0 unspecified atom stereocenters. The second kappa shape index (κ2) is 7.40. The van der Waals surface area contributed by atoms with Crippen molar-refractivity contribution in [3.63, 3.8) is 0 Å². The fraction of sp³-hybridized carbons (Fsp3) is 0.235. The van der Waals surface area contributed by atoms with Gasteiger partial charge >= 0.3 is 0 Å². The van der Waals surface area contributed by atoms with Crippen LogP contribution in [0.1, 0.15) is 10.4 Å². The van der Waals surface area contributed by atoms with E-state index < -0.39 is 0 Å². The third-order valence-electron chi connectivity index (χ3n) is 3.29. The first-order chi connectivity index (χ1) is 11.1. The Morgan fingerprint density at radius 2 is 1.30 bits per heavy atom. The summed E-state index contributed by atoms with van der Waals surface area (Å²) in [5, 5.41) is 2.80. The molecule has 0 aliphatic heterocycles. The molecule has 2 aromatic rings. The minimum absolute atomic E-state index is 0.298. The highest BCUT2D eigenvalue weighted by molar-refractivity contribution is 6.08. The number of carbonyl (C=O) groups excluding carboxylic acids is 1. The summed E-state index contributed by atoms with van der Waals surface area (Å²) in [7, 11) is 6.09. The number of carbonyl (C=O) groups is 1. The van der Waals surface area contributed by atoms with Gasteiger partial charge in [-0.25, -0.2) is 0 Å². The minimum Gasteiger partial charge on any atom is -0.497 e. The molecule has 6 heteroatoms. The zero-order valence-electron chi connectivity index (χ0n) is 13.5. The summed E-state index contributed by atoms with van der Waals surface area (Å²) in [6.45, 7) is 0. The zero-order chi connectivity index (χ0) is 16.8. The number of rotatable bonds is 6. The Morgan fingerprint density at radius 3 is 1.74 bits per heavy atom. The normalized spacial score (nSPS) is 9.91. The van der Waals surface area contributed by atoms with E-state index in [-0.39, 0.29) is 5.91 Å². The molecule has 0 radical (unpaired) electrons. The average Bonchev–Trinajstić information content (AvgIpc) is 2.60. The lowest BCUT2D eigenvalue weighted by Crippen LogP contribution is -2.14. The van der Waals surface area contributed by atoms with Gasteiger partial charge in [0.2, 0.25) is 0 Å². The van der Waals surface area contributed by atoms with Gasteiger partial charge in [0.05, 0.1) is 28.4 Å². The number of nitrogens with one attached hydrogen (secondary N) is 1. The Kier molecular flexibility index (Phi) is 5.30. The third kappa shape index (κ3) is 3.66. The van der Waals surface area contributed by atoms with Gasteiger partial charge in [-0.1, -0.05) is 0 Å². The van der Waals surface area contributed by atoms with Gasteiger partial charge in [-0.2, -0.15) is 0 Å². The first-order valence-electron chi connectivity index (χ1n) is 6.88. The zero-order valence-corrected chi connectivity index (χ0v) is 13.5. The molecule has 0 saturated heterocycles. The lowest BCUT2D eigenvalue weighted by Gasteiger charge is -2.15. The van der Waals surface area contributed by atoms with E-state index in [0.717, 1.165) is 0 Å². The van der Waals surface area contributed by atoms with Crippen molar-refractivity contribution < 1.29 is 23.7 Å². The predicted octanol–water partition coefficient (Wildman–Crippen LogP) is 2.97. The van der Waals surface area contributed by atoms with Gasteiger partial charge in [-0.05, 0) is 24.3 Å². The summed E-state index contributed by atoms with van der Waals surface area (Å²) in [5.74, 6) is 1.65. The Labute approximate surface area is 134 Å². The third-order valence-corrected chi connectivity index (χ3v) is 3.29. The average molecular weight is 317 g/mol. The molecule has 0 aromatic heterocycles. The predicted molar refractivity (Wildman–Crippen MR) is 87.0 cm³/mol. The molecule has 122 valence electrons. The molecule has 23 heavy (non-hydrogen) atoms. The van der Waals surface area contributed by atoms with Gasteiger partial charge in [0, 0.05) is 17.8 Å². The van der Waals surface area contributed by atoms with Gasteiger partial charge in [0.1, 0.15) is 28.6 Å². The van der Waals surface area contributed by atoms with Crippen LogP contribution >= 0.6 is 0 Å². The second-order valence-corrected chi connectivity index (χ2v) is 4.59. The van der Waals surface area contributed by atoms with Crippen LogP contribution in [-0.2, 0) is 0 Å². The Bertz CT molecular complexity index is 657. The van der Waals surface area contributed by atoms with Crippen LogP contribution in [0.4, 0.5) is 5.69 Å². The molecule has 6 nitrogen and oxygen atoms in total. The number of methoxy groups -OCH3 is 4. The lowest BCUT2D eigenvalue weighted by molar-refractivity contribution is 0.102. The number of amides is 1. The molecule has 0 atom stereocenters. The molecule has 2 rings (SSSR count). The van der Waals surface area contributed by atoms with Crippen molar-refractivity contribution in [1.29, 1.82) is 0 Å². The molecule has 1 amide bonds. The van der Waals surface area contributed by atoms with Crippen LogP contribution in [0, 0.1) is 0 Å². The Balaban J connectivity index is 2.33. The van der Waals surface area contributed by atoms with E-state index in [1.807, 2.05) is 0 Å². The molecule has 0 heterocycles.